The minimum atomic E-state index is -0.395. The number of carbonyl (C=O) groups is 2. The maximum atomic E-state index is 12.4. The molecule has 20 heavy (non-hydrogen) atoms. The molecular weight excluding hydrogens is 276 g/mol. The van der Waals surface area contributed by atoms with Crippen LogP contribution in [0.25, 0.3) is 0 Å². The van der Waals surface area contributed by atoms with Crippen LogP contribution in [0.3, 0.4) is 0 Å². The van der Waals surface area contributed by atoms with Crippen LogP contribution in [0.5, 0.6) is 0 Å². The van der Waals surface area contributed by atoms with E-state index < -0.39 is 5.91 Å². The largest absolute Gasteiger partial charge is 0.324 e. The average molecular weight is 301 g/mol. The summed E-state index contributed by atoms with van der Waals surface area (Å²) in [4.78, 5) is 25.8. The summed E-state index contributed by atoms with van der Waals surface area (Å²) < 4.78 is 0. The highest BCUT2D eigenvalue weighted by atomic mass is 35.5. The molecule has 0 unspecified atom stereocenters. The highest BCUT2D eigenvalue weighted by Gasteiger charge is 2.32. The molecule has 0 aliphatic heterocycles. The fourth-order valence-electron chi connectivity index (χ4n) is 3.57. The van der Waals surface area contributed by atoms with E-state index in [0.29, 0.717) is 12.1 Å². The SMILES string of the molecule is O=C(CCl)NC(=O)N(C1CCCCC1)C1CCCCC1. The van der Waals surface area contributed by atoms with E-state index in [1.54, 1.807) is 0 Å². The summed E-state index contributed by atoms with van der Waals surface area (Å²) in [7, 11) is 0. The zero-order chi connectivity index (χ0) is 14.4. The number of carbonyl (C=O) groups excluding carboxylic acids is 2. The van der Waals surface area contributed by atoms with E-state index in [2.05, 4.69) is 5.32 Å². The normalized spacial score (nSPS) is 21.4. The van der Waals surface area contributed by atoms with E-state index in [1.807, 2.05) is 4.90 Å². The van der Waals surface area contributed by atoms with Gasteiger partial charge >= 0.3 is 6.03 Å². The lowest BCUT2D eigenvalue weighted by Gasteiger charge is -2.41. The molecule has 0 heterocycles. The first kappa shape index (κ1) is 15.6. The summed E-state index contributed by atoms with van der Waals surface area (Å²) in [5.41, 5.74) is 0. The number of amides is 3. The maximum absolute atomic E-state index is 12.4. The van der Waals surface area contributed by atoms with Gasteiger partial charge in [-0.05, 0) is 25.7 Å². The molecule has 0 aromatic heterocycles. The van der Waals surface area contributed by atoms with Gasteiger partial charge in [-0.3, -0.25) is 10.1 Å². The van der Waals surface area contributed by atoms with Crippen molar-refractivity contribution >= 4 is 23.5 Å². The first-order valence-electron chi connectivity index (χ1n) is 7.90. The number of nitrogens with one attached hydrogen (secondary N) is 1. The number of imide groups is 1. The first-order valence-corrected chi connectivity index (χ1v) is 8.44. The van der Waals surface area contributed by atoms with Crippen molar-refractivity contribution in [1.82, 2.24) is 10.2 Å². The van der Waals surface area contributed by atoms with Crippen molar-refractivity contribution in [3.8, 4) is 0 Å². The highest BCUT2D eigenvalue weighted by Crippen LogP contribution is 2.30. The Balaban J connectivity index is 2.05. The van der Waals surface area contributed by atoms with Gasteiger partial charge in [0.25, 0.3) is 0 Å². The summed E-state index contributed by atoms with van der Waals surface area (Å²) in [5.74, 6) is -0.553. The second-order valence-electron chi connectivity index (χ2n) is 5.98. The van der Waals surface area contributed by atoms with Crippen LogP contribution in [-0.4, -0.2) is 34.8 Å². The van der Waals surface area contributed by atoms with Gasteiger partial charge in [-0.1, -0.05) is 38.5 Å². The third-order valence-electron chi connectivity index (χ3n) is 4.54. The summed E-state index contributed by atoms with van der Waals surface area (Å²) in [6.45, 7) is 0. The second kappa shape index (κ2) is 7.87. The predicted molar refractivity (Wildman–Crippen MR) is 79.8 cm³/mol. The van der Waals surface area contributed by atoms with Gasteiger partial charge in [0.15, 0.2) is 0 Å². The van der Waals surface area contributed by atoms with Crippen molar-refractivity contribution in [2.45, 2.75) is 76.3 Å². The Morgan fingerprint density at radius 1 is 0.900 bits per heavy atom. The summed E-state index contributed by atoms with van der Waals surface area (Å²) in [6.07, 6.45) is 11.5. The molecular formula is C15H25ClN2O2. The number of halogens is 1. The van der Waals surface area contributed by atoms with Crippen molar-refractivity contribution in [1.29, 1.82) is 0 Å². The van der Waals surface area contributed by atoms with E-state index in [-0.39, 0.29) is 11.9 Å². The molecule has 2 saturated carbocycles. The second-order valence-corrected chi connectivity index (χ2v) is 6.25. The summed E-state index contributed by atoms with van der Waals surface area (Å²) in [5, 5.41) is 2.44. The third kappa shape index (κ3) is 4.11. The van der Waals surface area contributed by atoms with Gasteiger partial charge in [0.05, 0.1) is 0 Å². The van der Waals surface area contributed by atoms with Gasteiger partial charge in [0, 0.05) is 12.1 Å². The maximum Gasteiger partial charge on any atom is 0.324 e. The standard InChI is InChI=1S/C15H25ClN2O2/c16-11-14(19)17-15(20)18(12-7-3-1-4-8-12)13-9-5-2-6-10-13/h12-13H,1-11H2,(H,17,19,20). The zero-order valence-electron chi connectivity index (χ0n) is 12.1. The Hall–Kier alpha value is -0.770. The molecule has 114 valence electrons. The lowest BCUT2D eigenvalue weighted by Crippen LogP contribution is -2.54. The Labute approximate surface area is 126 Å². The molecule has 0 aromatic carbocycles. The third-order valence-corrected chi connectivity index (χ3v) is 4.78. The summed E-state index contributed by atoms with van der Waals surface area (Å²) >= 11 is 5.49. The molecule has 3 amide bonds. The Morgan fingerprint density at radius 2 is 1.35 bits per heavy atom. The average Bonchev–Trinajstić information content (AvgIpc) is 2.49. The Bertz CT molecular complexity index is 319. The Kier molecular flexibility index (Phi) is 6.14. The molecule has 0 bridgehead atoms. The van der Waals surface area contributed by atoms with Gasteiger partial charge in [0.2, 0.25) is 5.91 Å². The van der Waals surface area contributed by atoms with Crippen LogP contribution in [0.2, 0.25) is 0 Å². The lowest BCUT2D eigenvalue weighted by molar-refractivity contribution is -0.117. The van der Waals surface area contributed by atoms with Gasteiger partial charge in [0.1, 0.15) is 5.88 Å². The van der Waals surface area contributed by atoms with Crippen LogP contribution in [0.1, 0.15) is 64.2 Å². The Morgan fingerprint density at radius 3 is 1.75 bits per heavy atom. The highest BCUT2D eigenvalue weighted by molar-refractivity contribution is 6.28. The van der Waals surface area contributed by atoms with Crippen LogP contribution >= 0.6 is 11.6 Å². The molecule has 0 radical (unpaired) electrons. The monoisotopic (exact) mass is 300 g/mol. The number of hydrogen-bond acceptors (Lipinski definition) is 2. The van der Waals surface area contributed by atoms with E-state index in [1.165, 1.54) is 38.5 Å². The van der Waals surface area contributed by atoms with Crippen molar-refractivity contribution in [2.24, 2.45) is 0 Å². The van der Waals surface area contributed by atoms with E-state index in [9.17, 15) is 9.59 Å². The number of hydrogen-bond donors (Lipinski definition) is 1. The zero-order valence-corrected chi connectivity index (χ0v) is 12.8. The summed E-state index contributed by atoms with van der Waals surface area (Å²) in [6, 6.07) is 0.374. The lowest BCUT2D eigenvalue weighted by atomic mass is 9.89. The van der Waals surface area contributed by atoms with E-state index in [0.717, 1.165) is 25.7 Å². The molecule has 2 rings (SSSR count). The van der Waals surface area contributed by atoms with Gasteiger partial charge in [-0.15, -0.1) is 11.6 Å². The quantitative estimate of drug-likeness (QED) is 0.812. The fourth-order valence-corrected chi connectivity index (χ4v) is 3.63. The number of urea groups is 1. The predicted octanol–water partition coefficient (Wildman–Crippen LogP) is 3.43. The van der Waals surface area contributed by atoms with Crippen molar-refractivity contribution in [3.05, 3.63) is 0 Å². The fraction of sp³-hybridized carbons (Fsp3) is 0.867. The molecule has 4 nitrogen and oxygen atoms in total. The van der Waals surface area contributed by atoms with Crippen molar-refractivity contribution < 1.29 is 9.59 Å². The molecule has 1 N–H and O–H groups in total. The van der Waals surface area contributed by atoms with Crippen LogP contribution in [0.4, 0.5) is 4.79 Å². The molecule has 2 aliphatic carbocycles. The van der Waals surface area contributed by atoms with Crippen molar-refractivity contribution in [2.75, 3.05) is 5.88 Å². The van der Waals surface area contributed by atoms with E-state index >= 15 is 0 Å². The molecule has 5 heteroatoms. The molecule has 0 atom stereocenters. The smallest absolute Gasteiger partial charge is 0.319 e. The number of rotatable bonds is 3. The van der Waals surface area contributed by atoms with Crippen molar-refractivity contribution in [3.63, 3.8) is 0 Å². The molecule has 0 aromatic rings. The van der Waals surface area contributed by atoms with Gasteiger partial charge < -0.3 is 4.90 Å². The minimum Gasteiger partial charge on any atom is -0.319 e. The molecule has 2 fully saturated rings. The first-order chi connectivity index (χ1) is 9.72. The van der Waals surface area contributed by atoms with Crippen LogP contribution < -0.4 is 5.32 Å². The van der Waals surface area contributed by atoms with Crippen LogP contribution in [0, 0.1) is 0 Å². The minimum absolute atomic E-state index is 0.158. The van der Waals surface area contributed by atoms with Gasteiger partial charge in [-0.25, -0.2) is 4.79 Å². The van der Waals surface area contributed by atoms with Crippen LogP contribution in [-0.2, 0) is 4.79 Å². The molecule has 0 saturated heterocycles. The number of nitrogens with zero attached hydrogens (tertiary/aromatic N) is 1. The van der Waals surface area contributed by atoms with Crippen LogP contribution in [0.15, 0.2) is 0 Å². The molecule has 2 aliphatic rings. The topological polar surface area (TPSA) is 49.4 Å². The van der Waals surface area contributed by atoms with Gasteiger partial charge in [-0.2, -0.15) is 0 Å². The molecule has 0 spiro atoms. The van der Waals surface area contributed by atoms with E-state index in [4.69, 9.17) is 11.6 Å². The number of alkyl halides is 1.